The molecule has 0 spiro atoms. The molecule has 0 aromatic carbocycles. The molecule has 0 saturated carbocycles. The molecular formula is C4H9Sn+3. The molecule has 1 unspecified atom stereocenters. The van der Waals surface area contributed by atoms with E-state index >= 15 is 0 Å². The van der Waals surface area contributed by atoms with Gasteiger partial charge in [0.05, 0.1) is 0 Å². The van der Waals surface area contributed by atoms with Gasteiger partial charge in [0.15, 0.2) is 0 Å². The Labute approximate surface area is 47.0 Å². The Morgan fingerprint density at radius 1 is 1.80 bits per heavy atom. The van der Waals surface area contributed by atoms with Crippen molar-refractivity contribution in [2.24, 2.45) is 0 Å². The SMILES string of the molecule is CC[CH](C)[Sn+3]. The van der Waals surface area contributed by atoms with Crippen LogP contribution < -0.4 is 0 Å². The first kappa shape index (κ1) is 5.80. The van der Waals surface area contributed by atoms with Crippen molar-refractivity contribution in [2.45, 2.75) is 24.2 Å². The summed E-state index contributed by atoms with van der Waals surface area (Å²) in [7, 11) is 0. The molecule has 26 valence electrons. The summed E-state index contributed by atoms with van der Waals surface area (Å²) in [6.45, 7) is 4.48. The Balaban J connectivity index is 2.54. The van der Waals surface area contributed by atoms with Gasteiger partial charge in [-0.1, -0.05) is 0 Å². The van der Waals surface area contributed by atoms with Crippen molar-refractivity contribution in [3.8, 4) is 0 Å². The first-order chi connectivity index (χ1) is 2.27. The van der Waals surface area contributed by atoms with Gasteiger partial charge in [-0.05, 0) is 0 Å². The Morgan fingerprint density at radius 2 is 2.00 bits per heavy atom. The van der Waals surface area contributed by atoms with Crippen molar-refractivity contribution in [1.29, 1.82) is 0 Å². The second kappa shape index (κ2) is 3.01. The van der Waals surface area contributed by atoms with Crippen LogP contribution in [-0.4, -0.2) is 22.5 Å². The van der Waals surface area contributed by atoms with Crippen LogP contribution in [-0.2, 0) is 0 Å². The van der Waals surface area contributed by atoms with E-state index in [0.717, 1.165) is 3.93 Å². The minimum atomic E-state index is 0.974. The van der Waals surface area contributed by atoms with Crippen LogP contribution >= 0.6 is 0 Å². The molecule has 0 fully saturated rings. The van der Waals surface area contributed by atoms with Crippen molar-refractivity contribution in [3.63, 3.8) is 0 Å². The second-order valence-electron chi connectivity index (χ2n) is 1.31. The van der Waals surface area contributed by atoms with Crippen LogP contribution in [0.5, 0.6) is 0 Å². The van der Waals surface area contributed by atoms with Gasteiger partial charge in [-0.25, -0.2) is 0 Å². The molecule has 0 bridgehead atoms. The van der Waals surface area contributed by atoms with Gasteiger partial charge >= 0.3 is 46.7 Å². The zero-order valence-corrected chi connectivity index (χ0v) is 6.64. The van der Waals surface area contributed by atoms with Gasteiger partial charge in [0.2, 0.25) is 0 Å². The van der Waals surface area contributed by atoms with Gasteiger partial charge in [0.25, 0.3) is 0 Å². The molecule has 0 nitrogen and oxygen atoms in total. The summed E-state index contributed by atoms with van der Waals surface area (Å²) in [6, 6.07) is 0. The summed E-state index contributed by atoms with van der Waals surface area (Å²) in [4.78, 5) is 0. The van der Waals surface area contributed by atoms with E-state index in [9.17, 15) is 0 Å². The first-order valence-electron chi connectivity index (χ1n) is 1.98. The third kappa shape index (κ3) is 4.80. The first-order valence-corrected chi connectivity index (χ1v) is 3.63. The third-order valence-corrected chi connectivity index (χ3v) is 1.78. The van der Waals surface area contributed by atoms with Crippen LogP contribution in [0.25, 0.3) is 0 Å². The standard InChI is InChI=1S/C4H9.Sn/c1-3-4-2;/h3H,4H2,1-2H3;/q;+3. The van der Waals surface area contributed by atoms with Gasteiger partial charge < -0.3 is 0 Å². The van der Waals surface area contributed by atoms with E-state index in [4.69, 9.17) is 0 Å². The Morgan fingerprint density at radius 3 is 2.00 bits per heavy atom. The molecule has 1 heteroatoms. The average Bonchev–Trinajstić information content (AvgIpc) is 1.38. The molecule has 0 aliphatic rings. The predicted octanol–water partition coefficient (Wildman–Crippen LogP) is 1.37. The minimum absolute atomic E-state index is 0.974. The van der Waals surface area contributed by atoms with E-state index in [1.807, 2.05) is 0 Å². The van der Waals surface area contributed by atoms with E-state index in [1.165, 1.54) is 6.42 Å². The van der Waals surface area contributed by atoms with Crippen molar-refractivity contribution >= 4 is 22.5 Å². The fourth-order valence-electron chi connectivity index (χ4n) is 0. The molecule has 0 heterocycles. The molecule has 0 amide bonds. The third-order valence-electron chi connectivity index (χ3n) is 0.612. The van der Waals surface area contributed by atoms with E-state index < -0.39 is 0 Å². The Kier molecular flexibility index (Phi) is 3.49. The van der Waals surface area contributed by atoms with Crippen molar-refractivity contribution in [3.05, 3.63) is 0 Å². The van der Waals surface area contributed by atoms with Crippen LogP contribution in [0.3, 0.4) is 0 Å². The van der Waals surface area contributed by atoms with Crippen molar-refractivity contribution in [2.75, 3.05) is 0 Å². The van der Waals surface area contributed by atoms with E-state index in [0.29, 0.717) is 0 Å². The summed E-state index contributed by atoms with van der Waals surface area (Å²) >= 11 is 1.67. The van der Waals surface area contributed by atoms with Gasteiger partial charge in [0, 0.05) is 0 Å². The average molecular weight is 176 g/mol. The normalized spacial score (nSPS) is 15.2. The molecular weight excluding hydrogens is 167 g/mol. The van der Waals surface area contributed by atoms with Crippen LogP contribution in [0.1, 0.15) is 20.3 Å². The van der Waals surface area contributed by atoms with E-state index in [2.05, 4.69) is 13.8 Å². The molecule has 0 N–H and O–H groups in total. The van der Waals surface area contributed by atoms with Crippen LogP contribution in [0.4, 0.5) is 0 Å². The van der Waals surface area contributed by atoms with Gasteiger partial charge in [-0.2, -0.15) is 0 Å². The number of hydrogen-bond donors (Lipinski definition) is 0. The predicted molar refractivity (Wildman–Crippen MR) is 25.5 cm³/mol. The summed E-state index contributed by atoms with van der Waals surface area (Å²) in [5.41, 5.74) is 0. The molecule has 0 aliphatic heterocycles. The summed E-state index contributed by atoms with van der Waals surface area (Å²) in [5.74, 6) is 0. The molecule has 0 aliphatic carbocycles. The van der Waals surface area contributed by atoms with Crippen LogP contribution in [0.2, 0.25) is 3.93 Å². The molecule has 1 atom stereocenters. The fraction of sp³-hybridized carbons (Fsp3) is 1.00. The fourth-order valence-corrected chi connectivity index (χ4v) is 0. The zero-order valence-electron chi connectivity index (χ0n) is 3.78. The second-order valence-corrected chi connectivity index (χ2v) is 4.12. The molecule has 0 radical (unpaired) electrons. The molecule has 5 heavy (non-hydrogen) atoms. The van der Waals surface area contributed by atoms with Crippen LogP contribution in [0.15, 0.2) is 0 Å². The summed E-state index contributed by atoms with van der Waals surface area (Å²) in [5, 5.41) is 0. The molecule has 0 aromatic heterocycles. The summed E-state index contributed by atoms with van der Waals surface area (Å²) < 4.78 is 0.974. The van der Waals surface area contributed by atoms with Crippen molar-refractivity contribution < 1.29 is 0 Å². The molecule has 0 rings (SSSR count). The number of rotatable bonds is 1. The number of hydrogen-bond acceptors (Lipinski definition) is 0. The quantitative estimate of drug-likeness (QED) is 0.529. The monoisotopic (exact) mass is 177 g/mol. The van der Waals surface area contributed by atoms with E-state index in [1.54, 1.807) is 22.5 Å². The maximum absolute atomic E-state index is 2.26. The van der Waals surface area contributed by atoms with Gasteiger partial charge in [-0.15, -0.1) is 0 Å². The van der Waals surface area contributed by atoms with E-state index in [-0.39, 0.29) is 0 Å². The Hall–Kier alpha value is 0.799. The van der Waals surface area contributed by atoms with Crippen molar-refractivity contribution in [1.82, 2.24) is 0 Å². The maximum atomic E-state index is 2.26. The van der Waals surface area contributed by atoms with Gasteiger partial charge in [0.1, 0.15) is 0 Å². The van der Waals surface area contributed by atoms with Crippen LogP contribution in [0, 0.1) is 0 Å². The topological polar surface area (TPSA) is 0 Å². The zero-order chi connectivity index (χ0) is 4.28. The Bertz CT molecular complexity index is 17.6. The molecule has 0 saturated heterocycles. The van der Waals surface area contributed by atoms with Gasteiger partial charge in [-0.3, -0.25) is 0 Å². The molecule has 0 aromatic rings. The summed E-state index contributed by atoms with van der Waals surface area (Å²) in [6.07, 6.45) is 1.35.